The molecule has 0 radical (unpaired) electrons. The molecular weight excluding hydrogens is 340 g/mol. The number of carbonyl (C=O) groups excluding carboxylic acids is 1. The molecule has 4 atom stereocenters. The lowest BCUT2D eigenvalue weighted by molar-refractivity contribution is -0.148. The lowest BCUT2D eigenvalue weighted by Crippen LogP contribution is -2.52. The predicted molar refractivity (Wildman–Crippen MR) is 106 cm³/mol. The molecule has 4 rings (SSSR count). The fourth-order valence-corrected chi connectivity index (χ4v) is 5.37. The van der Waals surface area contributed by atoms with Crippen molar-refractivity contribution in [2.24, 2.45) is 5.92 Å². The van der Waals surface area contributed by atoms with Gasteiger partial charge in [0.2, 0.25) is 0 Å². The predicted octanol–water partition coefficient (Wildman–Crippen LogP) is 3.01. The molecule has 0 spiro atoms. The number of aliphatic hydroxyl groups is 1. The number of nitrogens with zero attached hydrogens (tertiary/aromatic N) is 1. The van der Waals surface area contributed by atoms with E-state index in [9.17, 15) is 9.90 Å². The van der Waals surface area contributed by atoms with Crippen LogP contribution in [0.25, 0.3) is 10.9 Å². The number of rotatable bonds is 2. The number of piperidine rings is 1. The van der Waals surface area contributed by atoms with Gasteiger partial charge in [-0.25, -0.2) is 0 Å². The van der Waals surface area contributed by atoms with Crippen molar-refractivity contribution < 1.29 is 14.6 Å². The van der Waals surface area contributed by atoms with Gasteiger partial charge in [0.05, 0.1) is 12.7 Å². The highest BCUT2D eigenvalue weighted by molar-refractivity contribution is 5.90. The van der Waals surface area contributed by atoms with Crippen molar-refractivity contribution in [1.82, 2.24) is 9.88 Å². The number of aromatic nitrogens is 1. The van der Waals surface area contributed by atoms with E-state index < -0.39 is 11.0 Å². The van der Waals surface area contributed by atoms with Crippen molar-refractivity contribution in [3.05, 3.63) is 35.5 Å². The molecule has 2 aliphatic heterocycles. The minimum Gasteiger partial charge on any atom is -0.468 e. The van der Waals surface area contributed by atoms with Gasteiger partial charge in [-0.3, -0.25) is 9.69 Å². The minimum absolute atomic E-state index is 0.200. The second-order valence-electron chi connectivity index (χ2n) is 8.69. The fraction of sp³-hybridized carbons (Fsp3) is 0.591. The first-order valence-electron chi connectivity index (χ1n) is 10.0. The number of esters is 1. The van der Waals surface area contributed by atoms with E-state index >= 15 is 0 Å². The number of aromatic amines is 1. The van der Waals surface area contributed by atoms with E-state index in [-0.39, 0.29) is 11.9 Å². The van der Waals surface area contributed by atoms with E-state index in [2.05, 4.69) is 28.9 Å². The first-order chi connectivity index (χ1) is 12.9. The van der Waals surface area contributed by atoms with Crippen LogP contribution in [0.2, 0.25) is 0 Å². The summed E-state index contributed by atoms with van der Waals surface area (Å²) in [5.74, 6) is 0.0551. The summed E-state index contributed by atoms with van der Waals surface area (Å²) in [7, 11) is 1.47. The molecule has 1 fully saturated rings. The first-order valence-corrected chi connectivity index (χ1v) is 10.0. The summed E-state index contributed by atoms with van der Waals surface area (Å²) in [4.78, 5) is 18.9. The van der Waals surface area contributed by atoms with Crippen molar-refractivity contribution in [2.45, 2.75) is 50.5 Å². The molecule has 5 heteroatoms. The Kier molecular flexibility index (Phi) is 4.55. The highest BCUT2D eigenvalue weighted by Gasteiger charge is 2.46. The molecule has 2 aromatic rings. The van der Waals surface area contributed by atoms with Gasteiger partial charge in [0.1, 0.15) is 5.41 Å². The quantitative estimate of drug-likeness (QED) is 0.798. The molecular formula is C22H30N2O3. The van der Waals surface area contributed by atoms with Gasteiger partial charge in [-0.05, 0) is 50.2 Å². The van der Waals surface area contributed by atoms with Crippen LogP contribution in [0.1, 0.15) is 44.4 Å². The van der Waals surface area contributed by atoms with E-state index in [1.54, 1.807) is 0 Å². The molecule has 146 valence electrons. The molecule has 2 N–H and O–H groups in total. The zero-order valence-electron chi connectivity index (χ0n) is 16.5. The SMILES string of the molecule is CC[C@]1(O)CC2C[N@](CCc3c([nH]c4ccccc34)[C@](C)(C(=O)OC)C2)C1. The zero-order valence-corrected chi connectivity index (χ0v) is 16.5. The van der Waals surface area contributed by atoms with Crippen LogP contribution in [0.3, 0.4) is 0 Å². The Morgan fingerprint density at radius 2 is 2.15 bits per heavy atom. The molecule has 2 aliphatic rings. The number of fused-ring (bicyclic) bond motifs is 5. The smallest absolute Gasteiger partial charge is 0.317 e. The Morgan fingerprint density at radius 1 is 1.37 bits per heavy atom. The van der Waals surface area contributed by atoms with Crippen LogP contribution in [0, 0.1) is 5.92 Å². The van der Waals surface area contributed by atoms with Crippen molar-refractivity contribution in [3.8, 4) is 0 Å². The number of H-pyrrole nitrogens is 1. The second kappa shape index (κ2) is 6.64. The van der Waals surface area contributed by atoms with Gasteiger partial charge >= 0.3 is 5.97 Å². The van der Waals surface area contributed by atoms with Crippen LogP contribution in [0.4, 0.5) is 0 Å². The van der Waals surface area contributed by atoms with E-state index in [0.717, 1.165) is 43.6 Å². The summed E-state index contributed by atoms with van der Waals surface area (Å²) in [5.41, 5.74) is 1.87. The number of nitrogens with one attached hydrogen (secondary N) is 1. The third-order valence-electron chi connectivity index (χ3n) is 6.74. The number of hydrogen-bond donors (Lipinski definition) is 2. The maximum Gasteiger partial charge on any atom is 0.317 e. The number of methoxy groups -OCH3 is 1. The van der Waals surface area contributed by atoms with Gasteiger partial charge in [0.15, 0.2) is 0 Å². The Hall–Kier alpha value is -1.85. The van der Waals surface area contributed by atoms with E-state index in [1.165, 1.54) is 18.1 Å². The second-order valence-corrected chi connectivity index (χ2v) is 8.69. The van der Waals surface area contributed by atoms with Crippen LogP contribution in [0.5, 0.6) is 0 Å². The summed E-state index contributed by atoms with van der Waals surface area (Å²) < 4.78 is 5.26. The number of carbonyl (C=O) groups is 1. The van der Waals surface area contributed by atoms with Gasteiger partial charge in [-0.2, -0.15) is 0 Å². The van der Waals surface area contributed by atoms with Crippen LogP contribution in [0.15, 0.2) is 24.3 Å². The maximum atomic E-state index is 13.0. The summed E-state index contributed by atoms with van der Waals surface area (Å²) in [6, 6.07) is 8.27. The Balaban J connectivity index is 1.86. The molecule has 1 aromatic heterocycles. The maximum absolute atomic E-state index is 13.0. The first kappa shape index (κ1) is 18.5. The number of hydrogen-bond acceptors (Lipinski definition) is 4. The largest absolute Gasteiger partial charge is 0.468 e. The molecule has 1 aromatic carbocycles. The lowest BCUT2D eigenvalue weighted by atomic mass is 9.72. The molecule has 3 heterocycles. The van der Waals surface area contributed by atoms with Crippen LogP contribution >= 0.6 is 0 Å². The Labute approximate surface area is 160 Å². The Bertz CT molecular complexity index is 860. The summed E-state index contributed by atoms with van der Waals surface area (Å²) in [6.07, 6.45) is 3.02. The summed E-state index contributed by atoms with van der Waals surface area (Å²) in [5, 5.41) is 12.2. The van der Waals surface area contributed by atoms with Crippen molar-refractivity contribution in [1.29, 1.82) is 0 Å². The minimum atomic E-state index is -0.740. The molecule has 1 saturated heterocycles. The normalized spacial score (nSPS) is 33.6. The highest BCUT2D eigenvalue weighted by Crippen LogP contribution is 2.42. The zero-order chi connectivity index (χ0) is 19.2. The number of para-hydroxylation sites is 1. The Morgan fingerprint density at radius 3 is 2.89 bits per heavy atom. The third-order valence-corrected chi connectivity index (χ3v) is 6.74. The third kappa shape index (κ3) is 3.07. The van der Waals surface area contributed by atoms with Gasteiger partial charge < -0.3 is 14.8 Å². The number of ether oxygens (including phenoxy) is 1. The molecule has 2 bridgehead atoms. The number of benzene rings is 1. The van der Waals surface area contributed by atoms with Gasteiger partial charge in [0, 0.05) is 36.2 Å². The average Bonchev–Trinajstić information content (AvgIpc) is 3.05. The fourth-order valence-electron chi connectivity index (χ4n) is 5.37. The van der Waals surface area contributed by atoms with Gasteiger partial charge in [-0.1, -0.05) is 25.1 Å². The van der Waals surface area contributed by atoms with E-state index in [1.807, 2.05) is 19.1 Å². The van der Waals surface area contributed by atoms with Gasteiger partial charge in [0.25, 0.3) is 0 Å². The highest BCUT2D eigenvalue weighted by atomic mass is 16.5. The molecule has 1 unspecified atom stereocenters. The molecule has 5 nitrogen and oxygen atoms in total. The van der Waals surface area contributed by atoms with E-state index in [4.69, 9.17) is 4.74 Å². The molecule has 0 amide bonds. The van der Waals surface area contributed by atoms with E-state index in [0.29, 0.717) is 13.0 Å². The summed E-state index contributed by atoms with van der Waals surface area (Å²) >= 11 is 0. The van der Waals surface area contributed by atoms with Crippen molar-refractivity contribution >= 4 is 16.9 Å². The molecule has 0 aliphatic carbocycles. The molecule has 0 saturated carbocycles. The monoisotopic (exact) mass is 370 g/mol. The summed E-state index contributed by atoms with van der Waals surface area (Å²) in [6.45, 7) is 6.59. The molecule has 27 heavy (non-hydrogen) atoms. The average molecular weight is 370 g/mol. The van der Waals surface area contributed by atoms with Crippen molar-refractivity contribution in [2.75, 3.05) is 26.7 Å². The van der Waals surface area contributed by atoms with Gasteiger partial charge in [-0.15, -0.1) is 0 Å². The van der Waals surface area contributed by atoms with Crippen molar-refractivity contribution in [3.63, 3.8) is 0 Å². The standard InChI is InChI=1S/C22H30N2O3/c1-4-22(26)12-15-11-21(2,20(25)27-3)19-17(9-10-24(13-15)14-22)16-7-5-6-8-18(16)23-19/h5-8,15,23,26H,4,9-14H2,1-3H3/t15?,21-,22+/m1/s1. The van der Waals surface area contributed by atoms with Crippen LogP contribution in [-0.2, 0) is 21.4 Å². The van der Waals surface area contributed by atoms with Crippen LogP contribution in [-0.4, -0.2) is 53.3 Å². The van der Waals surface area contributed by atoms with Crippen LogP contribution < -0.4 is 0 Å². The lowest BCUT2D eigenvalue weighted by Gasteiger charge is -2.44. The topological polar surface area (TPSA) is 65.6 Å².